The van der Waals surface area contributed by atoms with Gasteiger partial charge in [0.25, 0.3) is 0 Å². The van der Waals surface area contributed by atoms with E-state index < -0.39 is 0 Å². The molecule has 0 amide bonds. The van der Waals surface area contributed by atoms with Gasteiger partial charge in [-0.2, -0.15) is 5.26 Å². The largest absolute Gasteiger partial charge is 0.509 e. The Morgan fingerprint density at radius 1 is 1.22 bits per heavy atom. The Hall–Kier alpha value is -3.79. The zero-order valence-corrected chi connectivity index (χ0v) is 14.9. The first-order chi connectivity index (χ1) is 13.0. The minimum atomic E-state index is 0.0923. The highest BCUT2D eigenvalue weighted by Crippen LogP contribution is 2.32. The van der Waals surface area contributed by atoms with Crippen LogP contribution in [0, 0.1) is 16.7 Å². The molecule has 1 aromatic heterocycles. The van der Waals surface area contributed by atoms with Crippen LogP contribution < -0.4 is 9.64 Å². The maximum absolute atomic E-state index is 10.6. The number of imidazole rings is 1. The van der Waals surface area contributed by atoms with Crippen molar-refractivity contribution in [3.63, 3.8) is 0 Å². The fraction of sp³-hybridized carbons (Fsp3) is 0.150. The first kappa shape index (κ1) is 16.7. The van der Waals surface area contributed by atoms with Crippen LogP contribution in [0.3, 0.4) is 0 Å². The van der Waals surface area contributed by atoms with Crippen LogP contribution >= 0.6 is 0 Å². The molecule has 27 heavy (non-hydrogen) atoms. The Morgan fingerprint density at radius 3 is 2.63 bits per heavy atom. The first-order valence-corrected chi connectivity index (χ1v) is 8.33. The summed E-state index contributed by atoms with van der Waals surface area (Å²) in [6, 6.07) is 14.6. The Bertz CT molecular complexity index is 1140. The monoisotopic (exact) mass is 359 g/mol. The number of benzene rings is 2. The molecule has 7 heteroatoms. The Kier molecular flexibility index (Phi) is 3.81. The number of nitrogens with one attached hydrogen (secondary N) is 1. The second-order valence-corrected chi connectivity index (χ2v) is 6.26. The van der Waals surface area contributed by atoms with Crippen molar-refractivity contribution in [3.05, 3.63) is 59.6 Å². The predicted octanol–water partition coefficient (Wildman–Crippen LogP) is 3.22. The highest BCUT2D eigenvalue weighted by Gasteiger charge is 2.32. The van der Waals surface area contributed by atoms with Crippen molar-refractivity contribution in [3.8, 4) is 11.8 Å². The molecule has 0 saturated carbocycles. The molecule has 3 aromatic rings. The predicted molar refractivity (Wildman–Crippen MR) is 103 cm³/mol. The van der Waals surface area contributed by atoms with Gasteiger partial charge in [-0.15, -0.1) is 0 Å². The SMILES string of the molecule is COc1ccc2c(c1)nc(C1=C(O)CN(c3ccc(C#N)cc3)C1=N)n2C. The number of aliphatic hydroxyl groups excluding tert-OH is 1. The van der Waals surface area contributed by atoms with Crippen molar-refractivity contribution >= 4 is 28.1 Å². The molecule has 0 spiro atoms. The average molecular weight is 359 g/mol. The van der Waals surface area contributed by atoms with E-state index in [4.69, 9.17) is 15.4 Å². The first-order valence-electron chi connectivity index (χ1n) is 8.33. The number of aliphatic hydroxyl groups is 1. The quantitative estimate of drug-likeness (QED) is 0.748. The minimum Gasteiger partial charge on any atom is -0.509 e. The molecule has 134 valence electrons. The molecular weight excluding hydrogens is 342 g/mol. The normalized spacial score (nSPS) is 14.1. The number of hydrogen-bond donors (Lipinski definition) is 2. The van der Waals surface area contributed by atoms with Crippen molar-refractivity contribution in [2.24, 2.45) is 7.05 Å². The minimum absolute atomic E-state index is 0.0923. The third-order valence-electron chi connectivity index (χ3n) is 4.72. The Morgan fingerprint density at radius 2 is 1.96 bits per heavy atom. The van der Waals surface area contributed by atoms with Crippen molar-refractivity contribution < 1.29 is 9.84 Å². The average Bonchev–Trinajstić information content (AvgIpc) is 3.17. The molecule has 2 heterocycles. The number of ether oxygens (including phenoxy) is 1. The fourth-order valence-electron chi connectivity index (χ4n) is 3.28. The highest BCUT2D eigenvalue weighted by atomic mass is 16.5. The van der Waals surface area contributed by atoms with Crippen molar-refractivity contribution in [1.29, 1.82) is 10.7 Å². The smallest absolute Gasteiger partial charge is 0.148 e. The van der Waals surface area contributed by atoms with Gasteiger partial charge in [-0.3, -0.25) is 5.41 Å². The zero-order chi connectivity index (χ0) is 19.1. The van der Waals surface area contributed by atoms with Crippen LogP contribution in [0.2, 0.25) is 0 Å². The van der Waals surface area contributed by atoms with Crippen LogP contribution in [0.4, 0.5) is 5.69 Å². The van der Waals surface area contributed by atoms with Crippen LogP contribution in [0.25, 0.3) is 16.6 Å². The van der Waals surface area contributed by atoms with Gasteiger partial charge in [0.15, 0.2) is 0 Å². The molecule has 7 nitrogen and oxygen atoms in total. The Balaban J connectivity index is 1.74. The zero-order valence-electron chi connectivity index (χ0n) is 14.9. The highest BCUT2D eigenvalue weighted by molar-refractivity contribution is 6.30. The maximum Gasteiger partial charge on any atom is 0.148 e. The van der Waals surface area contributed by atoms with Crippen LogP contribution in [-0.2, 0) is 7.05 Å². The van der Waals surface area contributed by atoms with Crippen LogP contribution in [0.5, 0.6) is 5.75 Å². The summed E-state index contributed by atoms with van der Waals surface area (Å²) in [6.45, 7) is 0.187. The Labute approximate surface area is 155 Å². The lowest BCUT2D eigenvalue weighted by Gasteiger charge is -2.18. The second kappa shape index (κ2) is 6.18. The number of hydrogen-bond acceptors (Lipinski definition) is 5. The van der Waals surface area contributed by atoms with Gasteiger partial charge in [-0.25, -0.2) is 4.98 Å². The summed E-state index contributed by atoms with van der Waals surface area (Å²) in [5.41, 5.74) is 3.30. The van der Waals surface area contributed by atoms with Gasteiger partial charge >= 0.3 is 0 Å². The fourth-order valence-corrected chi connectivity index (χ4v) is 3.28. The van der Waals surface area contributed by atoms with E-state index in [-0.39, 0.29) is 18.1 Å². The van der Waals surface area contributed by atoms with Gasteiger partial charge in [0.05, 0.1) is 41.9 Å². The summed E-state index contributed by atoms with van der Waals surface area (Å²) in [5.74, 6) is 1.49. The summed E-state index contributed by atoms with van der Waals surface area (Å²) in [4.78, 5) is 6.30. The number of aryl methyl sites for hydroxylation is 1. The van der Waals surface area contributed by atoms with E-state index in [2.05, 4.69) is 11.1 Å². The van der Waals surface area contributed by atoms with E-state index >= 15 is 0 Å². The van der Waals surface area contributed by atoms with Crippen LogP contribution in [-0.4, -0.2) is 34.1 Å². The van der Waals surface area contributed by atoms with E-state index in [1.54, 1.807) is 36.3 Å². The molecule has 1 aliphatic rings. The molecule has 0 unspecified atom stereocenters. The molecule has 0 atom stereocenters. The molecule has 0 saturated heterocycles. The van der Waals surface area contributed by atoms with Crippen LogP contribution in [0.1, 0.15) is 11.4 Å². The summed E-state index contributed by atoms with van der Waals surface area (Å²) >= 11 is 0. The van der Waals surface area contributed by atoms with Crippen molar-refractivity contribution in [1.82, 2.24) is 9.55 Å². The lowest BCUT2D eigenvalue weighted by molar-refractivity contribution is 0.411. The van der Waals surface area contributed by atoms with Gasteiger partial charge in [-0.1, -0.05) is 0 Å². The van der Waals surface area contributed by atoms with Gasteiger partial charge in [0.2, 0.25) is 0 Å². The summed E-state index contributed by atoms with van der Waals surface area (Å²) in [7, 11) is 3.45. The standard InChI is InChI=1S/C20H17N5O2/c1-24-16-8-7-14(27-2)9-15(16)23-20(24)18-17(26)11-25(19(18)22)13-5-3-12(10-21)4-6-13/h3-9,22,26H,11H2,1-2H3. The van der Waals surface area contributed by atoms with Gasteiger partial charge < -0.3 is 19.3 Å². The number of methoxy groups -OCH3 is 1. The van der Waals surface area contributed by atoms with Crippen LogP contribution in [0.15, 0.2) is 48.2 Å². The van der Waals surface area contributed by atoms with E-state index in [0.29, 0.717) is 22.7 Å². The summed E-state index contributed by atoms with van der Waals surface area (Å²) in [6.07, 6.45) is 0. The number of rotatable bonds is 3. The molecule has 0 bridgehead atoms. The lowest BCUT2D eigenvalue weighted by Crippen LogP contribution is -2.26. The van der Waals surface area contributed by atoms with Gasteiger partial charge in [-0.05, 0) is 36.4 Å². The van der Waals surface area contributed by atoms with Gasteiger partial charge in [0.1, 0.15) is 23.2 Å². The molecule has 2 N–H and O–H groups in total. The van der Waals surface area contributed by atoms with E-state index in [0.717, 1.165) is 16.7 Å². The number of nitrogens with zero attached hydrogens (tertiary/aromatic N) is 4. The summed E-state index contributed by atoms with van der Waals surface area (Å²) in [5, 5.41) is 28.1. The maximum atomic E-state index is 10.6. The number of anilines is 1. The van der Waals surface area contributed by atoms with E-state index in [1.807, 2.05) is 29.8 Å². The molecule has 2 aromatic carbocycles. The van der Waals surface area contributed by atoms with E-state index in [1.165, 1.54) is 0 Å². The van der Waals surface area contributed by atoms with E-state index in [9.17, 15) is 5.11 Å². The number of nitriles is 1. The molecule has 0 radical (unpaired) electrons. The second-order valence-electron chi connectivity index (χ2n) is 6.26. The topological polar surface area (TPSA) is 98.2 Å². The molecule has 1 aliphatic heterocycles. The third kappa shape index (κ3) is 2.59. The molecule has 4 rings (SSSR count). The molecule has 0 aliphatic carbocycles. The number of aromatic nitrogens is 2. The van der Waals surface area contributed by atoms with Gasteiger partial charge in [0, 0.05) is 18.8 Å². The third-order valence-corrected chi connectivity index (χ3v) is 4.72. The lowest BCUT2D eigenvalue weighted by atomic mass is 10.2. The summed E-state index contributed by atoms with van der Waals surface area (Å²) < 4.78 is 7.11. The molecule has 0 fully saturated rings. The van der Waals surface area contributed by atoms with Crippen molar-refractivity contribution in [2.75, 3.05) is 18.6 Å². The van der Waals surface area contributed by atoms with Crippen molar-refractivity contribution in [2.45, 2.75) is 0 Å². The molecular formula is C20H17N5O2. The number of fused-ring (bicyclic) bond motifs is 1. The number of amidine groups is 1.